The molecule has 1 heterocycles. The van der Waals surface area contributed by atoms with E-state index in [1.807, 2.05) is 0 Å². The van der Waals surface area contributed by atoms with E-state index in [0.717, 1.165) is 25.8 Å². The molecule has 2 heteroatoms. The lowest BCUT2D eigenvalue weighted by Crippen LogP contribution is -2.44. The van der Waals surface area contributed by atoms with Gasteiger partial charge in [-0.3, -0.25) is 9.69 Å². The predicted molar refractivity (Wildman–Crippen MR) is 66.5 cm³/mol. The molecule has 0 spiro atoms. The van der Waals surface area contributed by atoms with Crippen LogP contribution in [-0.2, 0) is 4.79 Å². The summed E-state index contributed by atoms with van der Waals surface area (Å²) in [5, 5.41) is 0. The molecular formula is C14H25NO. The Morgan fingerprint density at radius 1 is 1.12 bits per heavy atom. The number of nitrogens with zero attached hydrogens (tertiary/aromatic N) is 1. The van der Waals surface area contributed by atoms with Gasteiger partial charge in [0.05, 0.1) is 0 Å². The van der Waals surface area contributed by atoms with Crippen molar-refractivity contribution in [2.75, 3.05) is 13.1 Å². The Kier molecular flexibility index (Phi) is 4.39. The van der Waals surface area contributed by atoms with Crippen molar-refractivity contribution in [1.82, 2.24) is 4.90 Å². The van der Waals surface area contributed by atoms with Crippen molar-refractivity contribution in [3.8, 4) is 0 Å². The van der Waals surface area contributed by atoms with E-state index in [1.165, 1.54) is 38.6 Å². The van der Waals surface area contributed by atoms with Crippen LogP contribution < -0.4 is 0 Å². The van der Waals surface area contributed by atoms with Gasteiger partial charge < -0.3 is 0 Å². The number of carbonyl (C=O) groups excluding carboxylic acids is 1. The van der Waals surface area contributed by atoms with E-state index in [2.05, 4.69) is 11.8 Å². The Bertz CT molecular complexity index is 239. The second kappa shape index (κ2) is 5.81. The number of ketones is 1. The standard InChI is InChI=1S/C14H25NO/c1-2-15-11-7-3-4-9-13(15)12-8-5-6-10-14(12)16/h12-13H,2-11H2,1H3/t12-,13+/m1/s1. The highest BCUT2D eigenvalue weighted by molar-refractivity contribution is 5.82. The molecule has 2 aliphatic rings. The molecule has 0 bridgehead atoms. The first kappa shape index (κ1) is 12.1. The van der Waals surface area contributed by atoms with Crippen molar-refractivity contribution in [2.24, 2.45) is 5.92 Å². The zero-order valence-electron chi connectivity index (χ0n) is 10.6. The van der Waals surface area contributed by atoms with Crippen LogP contribution in [0.2, 0.25) is 0 Å². The van der Waals surface area contributed by atoms with Crippen LogP contribution in [0.3, 0.4) is 0 Å². The summed E-state index contributed by atoms with van der Waals surface area (Å²) in [6, 6.07) is 0.570. The van der Waals surface area contributed by atoms with Gasteiger partial charge in [-0.2, -0.15) is 0 Å². The number of Topliss-reactive ketones (excluding diaryl/α,β-unsaturated/α-hetero) is 1. The van der Waals surface area contributed by atoms with Gasteiger partial charge in [-0.05, 0) is 38.8 Å². The lowest BCUT2D eigenvalue weighted by Gasteiger charge is -2.36. The third-order valence-corrected chi connectivity index (χ3v) is 4.39. The molecule has 92 valence electrons. The van der Waals surface area contributed by atoms with E-state index < -0.39 is 0 Å². The number of hydrogen-bond donors (Lipinski definition) is 0. The highest BCUT2D eigenvalue weighted by Crippen LogP contribution is 2.30. The number of carbonyl (C=O) groups is 1. The van der Waals surface area contributed by atoms with E-state index in [9.17, 15) is 4.79 Å². The molecule has 2 nitrogen and oxygen atoms in total. The Labute approximate surface area is 99.4 Å². The van der Waals surface area contributed by atoms with Gasteiger partial charge in [-0.15, -0.1) is 0 Å². The topological polar surface area (TPSA) is 20.3 Å². The van der Waals surface area contributed by atoms with Crippen molar-refractivity contribution < 1.29 is 4.79 Å². The molecule has 1 aliphatic heterocycles. The van der Waals surface area contributed by atoms with Crippen LogP contribution in [-0.4, -0.2) is 29.8 Å². The molecule has 0 amide bonds. The van der Waals surface area contributed by atoms with Gasteiger partial charge in [0, 0.05) is 18.4 Å². The van der Waals surface area contributed by atoms with Gasteiger partial charge in [-0.25, -0.2) is 0 Å². The molecule has 0 unspecified atom stereocenters. The normalized spacial score (nSPS) is 33.7. The van der Waals surface area contributed by atoms with E-state index in [0.29, 0.717) is 17.7 Å². The molecule has 2 atom stereocenters. The molecule has 2 fully saturated rings. The van der Waals surface area contributed by atoms with E-state index in [4.69, 9.17) is 0 Å². The van der Waals surface area contributed by atoms with Crippen LogP contribution in [0, 0.1) is 5.92 Å². The molecule has 16 heavy (non-hydrogen) atoms. The van der Waals surface area contributed by atoms with E-state index in [-0.39, 0.29) is 0 Å². The molecule has 2 rings (SSSR count). The fraction of sp³-hybridized carbons (Fsp3) is 0.929. The average molecular weight is 223 g/mol. The largest absolute Gasteiger partial charge is 0.300 e. The van der Waals surface area contributed by atoms with Crippen molar-refractivity contribution in [3.05, 3.63) is 0 Å². The summed E-state index contributed by atoms with van der Waals surface area (Å²) in [6.45, 7) is 4.57. The maximum atomic E-state index is 12.0. The second-order valence-electron chi connectivity index (χ2n) is 5.36. The molecule has 0 aromatic heterocycles. The minimum atomic E-state index is 0.367. The minimum absolute atomic E-state index is 0.367. The fourth-order valence-corrected chi connectivity index (χ4v) is 3.46. The zero-order chi connectivity index (χ0) is 11.4. The Morgan fingerprint density at radius 2 is 1.94 bits per heavy atom. The lowest BCUT2D eigenvalue weighted by atomic mass is 9.80. The molecule has 1 saturated carbocycles. The predicted octanol–water partition coefficient (Wildman–Crippen LogP) is 3.01. The van der Waals surface area contributed by atoms with Crippen molar-refractivity contribution >= 4 is 5.78 Å². The van der Waals surface area contributed by atoms with Gasteiger partial charge in [-0.1, -0.05) is 26.2 Å². The summed E-state index contributed by atoms with van der Waals surface area (Å²) >= 11 is 0. The van der Waals surface area contributed by atoms with Crippen molar-refractivity contribution in [2.45, 2.75) is 64.3 Å². The van der Waals surface area contributed by atoms with Crippen LogP contribution >= 0.6 is 0 Å². The molecule has 0 aromatic carbocycles. The second-order valence-corrected chi connectivity index (χ2v) is 5.36. The lowest BCUT2D eigenvalue weighted by molar-refractivity contribution is -0.127. The Morgan fingerprint density at radius 3 is 2.69 bits per heavy atom. The first-order valence-corrected chi connectivity index (χ1v) is 7.09. The fourth-order valence-electron chi connectivity index (χ4n) is 3.46. The smallest absolute Gasteiger partial charge is 0.137 e. The van der Waals surface area contributed by atoms with Crippen LogP contribution in [0.25, 0.3) is 0 Å². The van der Waals surface area contributed by atoms with E-state index in [1.54, 1.807) is 0 Å². The molecule has 0 aromatic rings. The highest BCUT2D eigenvalue weighted by atomic mass is 16.1. The van der Waals surface area contributed by atoms with E-state index >= 15 is 0 Å². The van der Waals surface area contributed by atoms with Gasteiger partial charge in [0.15, 0.2) is 0 Å². The zero-order valence-corrected chi connectivity index (χ0v) is 10.6. The average Bonchev–Trinajstić information content (AvgIpc) is 2.54. The molecule has 0 radical (unpaired) electrons. The first-order chi connectivity index (χ1) is 7.83. The molecule has 1 aliphatic carbocycles. The quantitative estimate of drug-likeness (QED) is 0.717. The third kappa shape index (κ3) is 2.65. The number of hydrogen-bond acceptors (Lipinski definition) is 2. The van der Waals surface area contributed by atoms with Gasteiger partial charge in [0.1, 0.15) is 5.78 Å². The summed E-state index contributed by atoms with van der Waals surface area (Å²) in [5.41, 5.74) is 0. The van der Waals surface area contributed by atoms with Crippen LogP contribution in [0.5, 0.6) is 0 Å². The first-order valence-electron chi connectivity index (χ1n) is 7.09. The number of rotatable bonds is 2. The van der Waals surface area contributed by atoms with Gasteiger partial charge in [0.2, 0.25) is 0 Å². The Balaban J connectivity index is 2.05. The molecule has 0 N–H and O–H groups in total. The Hall–Kier alpha value is -0.370. The van der Waals surface area contributed by atoms with Crippen molar-refractivity contribution in [1.29, 1.82) is 0 Å². The molecular weight excluding hydrogens is 198 g/mol. The summed E-state index contributed by atoms with van der Waals surface area (Å²) in [7, 11) is 0. The van der Waals surface area contributed by atoms with Gasteiger partial charge in [0.25, 0.3) is 0 Å². The summed E-state index contributed by atoms with van der Waals surface area (Å²) in [6.07, 6.45) is 9.66. The SMILES string of the molecule is CCN1CCCCC[C@H]1[C@H]1CCCCC1=O. The minimum Gasteiger partial charge on any atom is -0.300 e. The molecule has 1 saturated heterocycles. The van der Waals surface area contributed by atoms with Crippen LogP contribution in [0.15, 0.2) is 0 Å². The highest BCUT2D eigenvalue weighted by Gasteiger charge is 2.33. The summed E-state index contributed by atoms with van der Waals surface area (Å²) in [5.74, 6) is 0.920. The van der Waals surface area contributed by atoms with Gasteiger partial charge >= 0.3 is 0 Å². The van der Waals surface area contributed by atoms with Crippen molar-refractivity contribution in [3.63, 3.8) is 0 Å². The third-order valence-electron chi connectivity index (χ3n) is 4.39. The maximum Gasteiger partial charge on any atom is 0.137 e. The summed E-state index contributed by atoms with van der Waals surface area (Å²) in [4.78, 5) is 14.6. The van der Waals surface area contributed by atoms with Crippen LogP contribution in [0.4, 0.5) is 0 Å². The van der Waals surface area contributed by atoms with Crippen LogP contribution in [0.1, 0.15) is 58.3 Å². The number of likely N-dealkylation sites (tertiary alicyclic amines) is 1. The monoisotopic (exact) mass is 223 g/mol. The summed E-state index contributed by atoms with van der Waals surface area (Å²) < 4.78 is 0. The maximum absolute atomic E-state index is 12.0.